The van der Waals surface area contributed by atoms with Crippen molar-refractivity contribution in [1.29, 1.82) is 0 Å². The smallest absolute Gasteiger partial charge is 0.223 e. The molecular formula is C22H30FN3O. The number of hydrogen-bond acceptors (Lipinski definition) is 2. The van der Waals surface area contributed by atoms with Crippen molar-refractivity contribution in [2.45, 2.75) is 52.5 Å². The maximum atomic E-state index is 13.8. The van der Waals surface area contributed by atoms with Gasteiger partial charge in [-0.1, -0.05) is 32.9 Å². The minimum atomic E-state index is -0.450. The van der Waals surface area contributed by atoms with Crippen molar-refractivity contribution in [3.05, 3.63) is 53.9 Å². The summed E-state index contributed by atoms with van der Waals surface area (Å²) in [4.78, 5) is 17.4. The first-order chi connectivity index (χ1) is 12.8. The number of amides is 1. The van der Waals surface area contributed by atoms with Crippen LogP contribution >= 0.6 is 0 Å². The van der Waals surface area contributed by atoms with Crippen LogP contribution in [0, 0.1) is 23.1 Å². The topological polar surface area (TPSA) is 46.9 Å². The van der Waals surface area contributed by atoms with E-state index in [9.17, 15) is 9.18 Å². The van der Waals surface area contributed by atoms with Crippen LogP contribution in [0.5, 0.6) is 0 Å². The maximum Gasteiger partial charge on any atom is 0.223 e. The summed E-state index contributed by atoms with van der Waals surface area (Å²) < 4.78 is 15.6. The molecule has 1 amide bonds. The average molecular weight is 372 g/mol. The monoisotopic (exact) mass is 371 g/mol. The predicted octanol–water partition coefficient (Wildman–Crippen LogP) is 4.62. The van der Waals surface area contributed by atoms with Gasteiger partial charge in [0.25, 0.3) is 0 Å². The average Bonchev–Trinajstić information content (AvgIpc) is 3.04. The molecule has 0 bridgehead atoms. The van der Waals surface area contributed by atoms with Crippen molar-refractivity contribution >= 4 is 5.91 Å². The zero-order valence-corrected chi connectivity index (χ0v) is 16.7. The first kappa shape index (κ1) is 19.6. The van der Waals surface area contributed by atoms with Gasteiger partial charge in [0.1, 0.15) is 17.7 Å². The van der Waals surface area contributed by atoms with Gasteiger partial charge in [-0.25, -0.2) is 9.37 Å². The summed E-state index contributed by atoms with van der Waals surface area (Å²) in [6.45, 7) is 6.83. The summed E-state index contributed by atoms with van der Waals surface area (Å²) in [5.41, 5.74) is 0.999. The highest BCUT2D eigenvalue weighted by Crippen LogP contribution is 2.40. The molecule has 1 heterocycles. The lowest BCUT2D eigenvalue weighted by Gasteiger charge is -2.36. The Morgan fingerprint density at radius 3 is 2.52 bits per heavy atom. The molecule has 1 saturated carbocycles. The summed E-state index contributed by atoms with van der Waals surface area (Å²) in [6, 6.07) is 5.93. The molecule has 0 radical (unpaired) electrons. The number of carbonyl (C=O) groups excluding carboxylic acids is 1. The summed E-state index contributed by atoms with van der Waals surface area (Å²) in [5, 5.41) is 3.14. The van der Waals surface area contributed by atoms with Crippen LogP contribution in [-0.2, 0) is 11.8 Å². The van der Waals surface area contributed by atoms with E-state index in [1.165, 1.54) is 12.1 Å². The number of imidazole rings is 1. The van der Waals surface area contributed by atoms with Crippen molar-refractivity contribution in [2.75, 3.05) is 0 Å². The number of carbonyl (C=O) groups is 1. The highest BCUT2D eigenvalue weighted by Gasteiger charge is 2.33. The Kier molecular flexibility index (Phi) is 5.68. The van der Waals surface area contributed by atoms with Crippen LogP contribution < -0.4 is 5.32 Å². The molecule has 27 heavy (non-hydrogen) atoms. The Hall–Kier alpha value is -2.17. The van der Waals surface area contributed by atoms with Crippen molar-refractivity contribution in [3.8, 4) is 0 Å². The number of benzene rings is 1. The van der Waals surface area contributed by atoms with Crippen LogP contribution in [0.4, 0.5) is 4.39 Å². The fraction of sp³-hybridized carbons (Fsp3) is 0.545. The molecule has 1 aromatic carbocycles. The number of nitrogens with one attached hydrogen (secondary N) is 1. The second kappa shape index (κ2) is 7.83. The number of aromatic nitrogens is 2. The molecule has 5 heteroatoms. The quantitative estimate of drug-likeness (QED) is 0.853. The molecule has 1 atom stereocenters. The Labute approximate surface area is 161 Å². The highest BCUT2D eigenvalue weighted by atomic mass is 19.1. The number of rotatable bonds is 4. The van der Waals surface area contributed by atoms with Gasteiger partial charge in [-0.05, 0) is 54.7 Å². The highest BCUT2D eigenvalue weighted by molar-refractivity contribution is 5.79. The van der Waals surface area contributed by atoms with E-state index in [2.05, 4.69) is 31.1 Å². The fourth-order valence-electron chi connectivity index (χ4n) is 4.12. The second-order valence-corrected chi connectivity index (χ2v) is 8.81. The summed E-state index contributed by atoms with van der Waals surface area (Å²) in [6.07, 6.45) is 7.50. The molecule has 1 N–H and O–H groups in total. The summed E-state index contributed by atoms with van der Waals surface area (Å²) in [5.74, 6) is 1.11. The third kappa shape index (κ3) is 4.57. The van der Waals surface area contributed by atoms with E-state index in [-0.39, 0.29) is 17.6 Å². The molecule has 1 aliphatic rings. The minimum Gasteiger partial charge on any atom is -0.342 e. The fourth-order valence-corrected chi connectivity index (χ4v) is 4.12. The van der Waals surface area contributed by atoms with E-state index in [4.69, 9.17) is 0 Å². The maximum absolute atomic E-state index is 13.8. The Balaban J connectivity index is 1.75. The molecule has 0 unspecified atom stereocenters. The van der Waals surface area contributed by atoms with Crippen LogP contribution in [0.1, 0.15) is 63.9 Å². The SMILES string of the molecule is Cn1ccnc1[C@H](NC(=O)C1CCC(C(C)(C)C)CC1)c1cccc(F)c1. The Bertz CT molecular complexity index is 785. The van der Waals surface area contributed by atoms with Gasteiger partial charge >= 0.3 is 0 Å². The van der Waals surface area contributed by atoms with Crippen LogP contribution in [-0.4, -0.2) is 15.5 Å². The summed E-state index contributed by atoms with van der Waals surface area (Å²) >= 11 is 0. The molecule has 1 aliphatic carbocycles. The van der Waals surface area contributed by atoms with Gasteiger partial charge in [0.2, 0.25) is 5.91 Å². The molecule has 1 aromatic heterocycles. The largest absolute Gasteiger partial charge is 0.342 e. The van der Waals surface area contributed by atoms with E-state index in [1.807, 2.05) is 23.9 Å². The molecule has 0 saturated heterocycles. The minimum absolute atomic E-state index is 0.0138. The van der Waals surface area contributed by atoms with Gasteiger partial charge in [-0.15, -0.1) is 0 Å². The predicted molar refractivity (Wildman–Crippen MR) is 104 cm³/mol. The first-order valence-electron chi connectivity index (χ1n) is 9.79. The van der Waals surface area contributed by atoms with E-state index < -0.39 is 6.04 Å². The van der Waals surface area contributed by atoms with Gasteiger partial charge in [-0.3, -0.25) is 4.79 Å². The molecule has 4 nitrogen and oxygen atoms in total. The second-order valence-electron chi connectivity index (χ2n) is 8.81. The van der Waals surface area contributed by atoms with E-state index in [1.54, 1.807) is 12.3 Å². The number of hydrogen-bond donors (Lipinski definition) is 1. The van der Waals surface area contributed by atoms with Gasteiger partial charge in [0.05, 0.1) is 0 Å². The molecule has 0 spiro atoms. The zero-order chi connectivity index (χ0) is 19.6. The Morgan fingerprint density at radius 1 is 1.26 bits per heavy atom. The Morgan fingerprint density at radius 2 is 1.96 bits per heavy atom. The van der Waals surface area contributed by atoms with Crippen molar-refractivity contribution in [2.24, 2.45) is 24.3 Å². The zero-order valence-electron chi connectivity index (χ0n) is 16.7. The third-order valence-corrected chi connectivity index (χ3v) is 5.91. The van der Waals surface area contributed by atoms with Crippen molar-refractivity contribution in [1.82, 2.24) is 14.9 Å². The number of nitrogens with zero attached hydrogens (tertiary/aromatic N) is 2. The van der Waals surface area contributed by atoms with Crippen LogP contribution in [0.2, 0.25) is 0 Å². The lowest BCUT2D eigenvalue weighted by molar-refractivity contribution is -0.127. The van der Waals surface area contributed by atoms with E-state index in [0.29, 0.717) is 22.7 Å². The van der Waals surface area contributed by atoms with Gasteiger partial charge < -0.3 is 9.88 Å². The van der Waals surface area contributed by atoms with Gasteiger partial charge in [-0.2, -0.15) is 0 Å². The molecule has 3 rings (SSSR count). The molecule has 146 valence electrons. The lowest BCUT2D eigenvalue weighted by atomic mass is 9.69. The molecule has 1 fully saturated rings. The standard InChI is InChI=1S/C22H30FN3O/c1-22(2,3)17-10-8-15(9-11-17)21(27)25-19(20-24-12-13-26(20)4)16-6-5-7-18(23)14-16/h5-7,12-15,17,19H,8-11H2,1-4H3,(H,25,27)/t15?,17?,19-/m1/s1. The van der Waals surface area contributed by atoms with Gasteiger partial charge in [0, 0.05) is 25.4 Å². The number of halogens is 1. The van der Waals surface area contributed by atoms with Gasteiger partial charge in [0.15, 0.2) is 0 Å². The molecule has 0 aliphatic heterocycles. The van der Waals surface area contributed by atoms with Crippen LogP contribution in [0.25, 0.3) is 0 Å². The first-order valence-corrected chi connectivity index (χ1v) is 9.79. The van der Waals surface area contributed by atoms with Crippen LogP contribution in [0.3, 0.4) is 0 Å². The lowest BCUT2D eigenvalue weighted by Crippen LogP contribution is -2.38. The molecule has 2 aromatic rings. The van der Waals surface area contributed by atoms with Crippen molar-refractivity contribution < 1.29 is 9.18 Å². The van der Waals surface area contributed by atoms with E-state index >= 15 is 0 Å². The normalized spacial score (nSPS) is 21.7. The van der Waals surface area contributed by atoms with E-state index in [0.717, 1.165) is 25.7 Å². The third-order valence-electron chi connectivity index (χ3n) is 5.91. The van der Waals surface area contributed by atoms with Crippen molar-refractivity contribution in [3.63, 3.8) is 0 Å². The van der Waals surface area contributed by atoms with Crippen LogP contribution in [0.15, 0.2) is 36.7 Å². The summed E-state index contributed by atoms with van der Waals surface area (Å²) in [7, 11) is 1.88. The number of aryl methyl sites for hydroxylation is 1. The molecular weight excluding hydrogens is 341 g/mol.